The van der Waals surface area contributed by atoms with E-state index >= 15 is 0 Å². The summed E-state index contributed by atoms with van der Waals surface area (Å²) in [7, 11) is 1.57. The number of aliphatic hydroxyl groups is 3. The van der Waals surface area contributed by atoms with E-state index in [1.54, 1.807) is 33.1 Å². The van der Waals surface area contributed by atoms with Crippen molar-refractivity contribution in [1.29, 1.82) is 0 Å². The first-order chi connectivity index (χ1) is 29.1. The van der Waals surface area contributed by atoms with E-state index < -0.39 is 90.8 Å². The van der Waals surface area contributed by atoms with Crippen LogP contribution in [0.3, 0.4) is 0 Å². The second-order valence-electron chi connectivity index (χ2n) is 18.3. The Labute approximate surface area is 361 Å². The van der Waals surface area contributed by atoms with Gasteiger partial charge in [0.05, 0.1) is 49.3 Å². The summed E-state index contributed by atoms with van der Waals surface area (Å²) < 4.78 is 63.7. The number of esters is 1. The molecule has 342 valence electrons. The van der Waals surface area contributed by atoms with Crippen molar-refractivity contribution < 1.29 is 67.5 Å². The van der Waals surface area contributed by atoms with Crippen LogP contribution in [0.15, 0.2) is 59.3 Å². The zero-order chi connectivity index (χ0) is 43.8. The zero-order valence-corrected chi connectivity index (χ0v) is 37.3. The number of aliphatic hydroxyl groups excluding tert-OH is 2. The maximum Gasteiger partial charge on any atom is 0.316 e. The van der Waals surface area contributed by atoms with E-state index in [0.717, 1.165) is 12.0 Å². The molecule has 4 saturated heterocycles. The lowest BCUT2D eigenvalue weighted by atomic mass is 9.71. The molecule has 0 saturated carbocycles. The minimum atomic E-state index is -1.83. The van der Waals surface area contributed by atoms with Gasteiger partial charge in [-0.05, 0) is 70.3 Å². The van der Waals surface area contributed by atoms with E-state index in [9.17, 15) is 20.1 Å². The van der Waals surface area contributed by atoms with Gasteiger partial charge in [-0.1, -0.05) is 57.2 Å². The van der Waals surface area contributed by atoms with Crippen LogP contribution in [0.2, 0.25) is 0 Å². The first kappa shape index (κ1) is 46.7. The zero-order valence-electron chi connectivity index (χ0n) is 37.3. The average Bonchev–Trinajstić information content (AvgIpc) is 3.56. The van der Waals surface area contributed by atoms with Crippen molar-refractivity contribution in [3.63, 3.8) is 0 Å². The number of fused-ring (bicyclic) bond motifs is 2. The van der Waals surface area contributed by atoms with Gasteiger partial charge in [0, 0.05) is 51.2 Å². The van der Waals surface area contributed by atoms with Crippen LogP contribution in [-0.2, 0) is 52.2 Å². The molecule has 7 rings (SSSR count). The number of hydrogen-bond donors (Lipinski definition) is 3. The Hall–Kier alpha value is -2.31. The molecule has 19 atom stereocenters. The summed E-state index contributed by atoms with van der Waals surface area (Å²) >= 11 is 0. The topological polar surface area (TPSA) is 170 Å². The van der Waals surface area contributed by atoms with Gasteiger partial charge in [-0.15, -0.1) is 0 Å². The Balaban J connectivity index is 1.18. The summed E-state index contributed by atoms with van der Waals surface area (Å²) in [5.74, 6) is -2.78. The fraction of sp³-hybridized carbons (Fsp3) is 0.766. The molecule has 0 aromatic rings. The predicted molar refractivity (Wildman–Crippen MR) is 223 cm³/mol. The smallest absolute Gasteiger partial charge is 0.316 e. The predicted octanol–water partition coefficient (Wildman–Crippen LogP) is 5.13. The van der Waals surface area contributed by atoms with E-state index in [4.69, 9.17) is 47.4 Å². The molecular weight excluding hydrogens is 789 g/mol. The molecule has 3 N–H and O–H groups in total. The normalized spacial score (nSPS) is 47.0. The highest BCUT2D eigenvalue weighted by molar-refractivity contribution is 5.78. The molecule has 6 heterocycles. The SMILES string of the molecule is CCOC1CC(OC2C(C)=CCC3CC(CC4(C=CC(C)C(CC)O4)O3)OC(=O)C3C=C(C)C(O)C4OCC(=CC=CC2C)C34O)OC(C)C1OC1CC(OC)C(O)C(C)O1. The lowest BCUT2D eigenvalue weighted by Crippen LogP contribution is -2.58. The van der Waals surface area contributed by atoms with Gasteiger partial charge in [-0.3, -0.25) is 4.79 Å². The van der Waals surface area contributed by atoms with Crippen molar-refractivity contribution in [3.05, 3.63) is 59.3 Å². The van der Waals surface area contributed by atoms with E-state index in [-0.39, 0.29) is 36.8 Å². The first-order valence-corrected chi connectivity index (χ1v) is 22.5. The molecule has 14 heteroatoms. The van der Waals surface area contributed by atoms with Crippen molar-refractivity contribution in [2.45, 2.75) is 191 Å². The molecular formula is C47H70O14. The van der Waals surface area contributed by atoms with Crippen LogP contribution in [0, 0.1) is 17.8 Å². The van der Waals surface area contributed by atoms with Gasteiger partial charge in [0.2, 0.25) is 0 Å². The van der Waals surface area contributed by atoms with Crippen molar-refractivity contribution >= 4 is 5.97 Å². The molecule has 2 bridgehead atoms. The summed E-state index contributed by atoms with van der Waals surface area (Å²) in [5.41, 5.74) is 0.142. The number of methoxy groups -OCH3 is 1. The first-order valence-electron chi connectivity index (χ1n) is 22.5. The minimum absolute atomic E-state index is 0.0335. The monoisotopic (exact) mass is 858 g/mol. The molecule has 0 aromatic carbocycles. The van der Waals surface area contributed by atoms with Gasteiger partial charge >= 0.3 is 5.97 Å². The Morgan fingerprint density at radius 3 is 2.36 bits per heavy atom. The minimum Gasteiger partial charge on any atom is -0.462 e. The third kappa shape index (κ3) is 9.72. The molecule has 0 radical (unpaired) electrons. The average molecular weight is 859 g/mol. The fourth-order valence-corrected chi connectivity index (χ4v) is 10.3. The van der Waals surface area contributed by atoms with E-state index in [2.05, 4.69) is 32.9 Å². The highest BCUT2D eigenvalue weighted by atomic mass is 16.7. The molecule has 1 spiro atoms. The van der Waals surface area contributed by atoms with Gasteiger partial charge in [-0.2, -0.15) is 0 Å². The van der Waals surface area contributed by atoms with Crippen LogP contribution >= 0.6 is 0 Å². The third-order valence-corrected chi connectivity index (χ3v) is 13.9. The summed E-state index contributed by atoms with van der Waals surface area (Å²) in [4.78, 5) is 14.3. The van der Waals surface area contributed by atoms with Gasteiger partial charge in [-0.25, -0.2) is 0 Å². The largest absolute Gasteiger partial charge is 0.462 e. The number of rotatable bonds is 8. The fourth-order valence-electron chi connectivity index (χ4n) is 10.3. The van der Waals surface area contributed by atoms with Crippen LogP contribution in [-0.4, -0.2) is 139 Å². The highest BCUT2D eigenvalue weighted by Gasteiger charge is 2.60. The molecule has 0 amide bonds. The van der Waals surface area contributed by atoms with Gasteiger partial charge in [0.1, 0.15) is 42.0 Å². The van der Waals surface area contributed by atoms with Crippen LogP contribution < -0.4 is 0 Å². The molecule has 14 nitrogen and oxygen atoms in total. The second kappa shape index (κ2) is 19.4. The summed E-state index contributed by atoms with van der Waals surface area (Å²) in [6, 6.07) is 0. The molecule has 0 aromatic heterocycles. The van der Waals surface area contributed by atoms with Gasteiger partial charge in [0.15, 0.2) is 18.4 Å². The van der Waals surface area contributed by atoms with Crippen LogP contribution in [0.4, 0.5) is 0 Å². The third-order valence-electron chi connectivity index (χ3n) is 13.9. The Kier molecular flexibility index (Phi) is 14.9. The Morgan fingerprint density at radius 1 is 0.885 bits per heavy atom. The molecule has 61 heavy (non-hydrogen) atoms. The van der Waals surface area contributed by atoms with Crippen molar-refractivity contribution in [2.75, 3.05) is 20.3 Å². The second-order valence-corrected chi connectivity index (χ2v) is 18.3. The van der Waals surface area contributed by atoms with E-state index in [1.807, 2.05) is 39.0 Å². The van der Waals surface area contributed by atoms with Crippen molar-refractivity contribution in [1.82, 2.24) is 0 Å². The van der Waals surface area contributed by atoms with Gasteiger partial charge < -0.3 is 62.7 Å². The lowest BCUT2D eigenvalue weighted by Gasteiger charge is -2.47. The Morgan fingerprint density at radius 2 is 1.62 bits per heavy atom. The lowest BCUT2D eigenvalue weighted by molar-refractivity contribution is -0.320. The number of carbonyl (C=O) groups is 1. The standard InChI is InChI=1S/C47H70O14/c1-10-35-25(3)17-18-46(61-35)23-33-20-32(60-46)16-15-27(5)42(26(4)13-12-14-31-24-54-44-40(48)28(6)19-34(45(50)57-33)47(31,44)51)58-39-22-37(53-11-2)43(30(8)56-39)59-38-21-36(52-9)41(49)29(7)55-38/h12-15,17-19,25-26,29-30,32-44,48-49,51H,10-11,16,20-24H2,1-9H3. The summed E-state index contributed by atoms with van der Waals surface area (Å²) in [5, 5.41) is 34.2. The van der Waals surface area contributed by atoms with Gasteiger partial charge in [0.25, 0.3) is 0 Å². The molecule has 19 unspecified atom stereocenters. The number of hydrogen-bond acceptors (Lipinski definition) is 14. The van der Waals surface area contributed by atoms with Crippen molar-refractivity contribution in [2.24, 2.45) is 17.8 Å². The highest BCUT2D eigenvalue weighted by Crippen LogP contribution is 2.47. The number of allylic oxidation sites excluding steroid dienone is 2. The maximum absolute atomic E-state index is 14.3. The van der Waals surface area contributed by atoms with E-state index in [1.165, 1.54) is 0 Å². The Bertz CT molecular complexity index is 1690. The van der Waals surface area contributed by atoms with Crippen LogP contribution in [0.1, 0.15) is 93.9 Å². The molecule has 4 fully saturated rings. The number of carbonyl (C=O) groups excluding carboxylic acids is 1. The number of ether oxygens (including phenoxy) is 10. The van der Waals surface area contributed by atoms with Crippen LogP contribution in [0.25, 0.3) is 0 Å². The molecule has 1 aliphatic carbocycles. The maximum atomic E-state index is 14.3. The molecule has 6 aliphatic heterocycles. The van der Waals surface area contributed by atoms with E-state index in [0.29, 0.717) is 49.9 Å². The van der Waals surface area contributed by atoms with Crippen molar-refractivity contribution in [3.8, 4) is 0 Å². The molecule has 7 aliphatic rings. The summed E-state index contributed by atoms with van der Waals surface area (Å²) in [6.45, 7) is 16.2. The van der Waals surface area contributed by atoms with Crippen LogP contribution in [0.5, 0.6) is 0 Å². The summed E-state index contributed by atoms with van der Waals surface area (Å²) in [6.07, 6.45) is 8.46. The quantitative estimate of drug-likeness (QED) is 0.217.